The quantitative estimate of drug-likeness (QED) is 0.666. The highest BCUT2D eigenvalue weighted by molar-refractivity contribution is 7.99. The van der Waals surface area contributed by atoms with Gasteiger partial charge in [0, 0.05) is 4.90 Å². The van der Waals surface area contributed by atoms with Gasteiger partial charge in [0.2, 0.25) is 5.95 Å². The van der Waals surface area contributed by atoms with E-state index in [1.54, 1.807) is 11.8 Å². The lowest BCUT2D eigenvalue weighted by atomic mass is 10.2. The molecule has 0 aliphatic carbocycles. The number of hydrogen-bond acceptors (Lipinski definition) is 5. The van der Waals surface area contributed by atoms with Gasteiger partial charge in [0.1, 0.15) is 11.5 Å². The minimum atomic E-state index is 0.183. The number of aromatic amines is 1. The molecule has 0 unspecified atom stereocenters. The summed E-state index contributed by atoms with van der Waals surface area (Å²) >= 11 is 1.63. The molecule has 0 saturated carbocycles. The number of nitrogens with one attached hydrogen (secondary N) is 1. The first-order valence-electron chi connectivity index (χ1n) is 5.79. The van der Waals surface area contributed by atoms with E-state index in [-0.39, 0.29) is 5.95 Å². The second-order valence-electron chi connectivity index (χ2n) is 4.18. The van der Waals surface area contributed by atoms with Crippen molar-refractivity contribution in [3.8, 4) is 0 Å². The number of aryl methyl sites for hydroxylation is 1. The van der Waals surface area contributed by atoms with Gasteiger partial charge in [-0.15, -0.1) is 0 Å². The Bertz CT molecular complexity index is 736. The van der Waals surface area contributed by atoms with E-state index in [9.17, 15) is 0 Å². The highest BCUT2D eigenvalue weighted by atomic mass is 32.2. The summed E-state index contributed by atoms with van der Waals surface area (Å²) < 4.78 is 0. The van der Waals surface area contributed by atoms with Crippen molar-refractivity contribution in [1.82, 2.24) is 15.0 Å². The molecule has 96 valence electrons. The molecule has 0 amide bonds. The standard InChI is InChI=1S/C13H13N5S/c1-7-9-10(14)16-13(15)18-11(9)17-12(7)19-8-5-3-2-4-6-8/h2-6H,1H3,(H5,14,15,16,17,18). The van der Waals surface area contributed by atoms with Gasteiger partial charge in [-0.3, -0.25) is 0 Å². The van der Waals surface area contributed by atoms with E-state index in [0.29, 0.717) is 11.5 Å². The number of aromatic nitrogens is 3. The lowest BCUT2D eigenvalue weighted by Gasteiger charge is -2.00. The summed E-state index contributed by atoms with van der Waals surface area (Å²) in [7, 11) is 0. The summed E-state index contributed by atoms with van der Waals surface area (Å²) in [6, 6.07) is 10.1. The van der Waals surface area contributed by atoms with E-state index >= 15 is 0 Å². The van der Waals surface area contributed by atoms with Crippen LogP contribution in [0.1, 0.15) is 5.56 Å². The summed E-state index contributed by atoms with van der Waals surface area (Å²) in [5.74, 6) is 0.596. The number of nitrogens with two attached hydrogens (primary N) is 2. The molecule has 2 aromatic heterocycles. The zero-order valence-corrected chi connectivity index (χ0v) is 11.2. The maximum atomic E-state index is 5.90. The normalized spacial score (nSPS) is 11.0. The minimum Gasteiger partial charge on any atom is -0.383 e. The van der Waals surface area contributed by atoms with Gasteiger partial charge in [-0.25, -0.2) is 0 Å². The van der Waals surface area contributed by atoms with Crippen LogP contribution < -0.4 is 11.5 Å². The second-order valence-corrected chi connectivity index (χ2v) is 5.27. The third-order valence-corrected chi connectivity index (χ3v) is 3.99. The van der Waals surface area contributed by atoms with Gasteiger partial charge in [0.05, 0.1) is 10.4 Å². The Hall–Kier alpha value is -2.21. The highest BCUT2D eigenvalue weighted by Gasteiger charge is 2.14. The van der Waals surface area contributed by atoms with Crippen molar-refractivity contribution >= 4 is 34.6 Å². The predicted octanol–water partition coefficient (Wildman–Crippen LogP) is 2.58. The van der Waals surface area contributed by atoms with E-state index < -0.39 is 0 Å². The zero-order chi connectivity index (χ0) is 13.4. The fraction of sp³-hybridized carbons (Fsp3) is 0.0769. The topological polar surface area (TPSA) is 93.6 Å². The number of hydrogen-bond donors (Lipinski definition) is 3. The van der Waals surface area contributed by atoms with Gasteiger partial charge in [0.25, 0.3) is 0 Å². The van der Waals surface area contributed by atoms with Crippen LogP contribution in [-0.4, -0.2) is 15.0 Å². The fourth-order valence-corrected chi connectivity index (χ4v) is 2.91. The molecule has 3 aromatic rings. The van der Waals surface area contributed by atoms with Crippen LogP contribution in [0.4, 0.5) is 11.8 Å². The zero-order valence-electron chi connectivity index (χ0n) is 10.3. The third-order valence-electron chi connectivity index (χ3n) is 2.86. The first-order valence-corrected chi connectivity index (χ1v) is 6.61. The molecule has 1 aromatic carbocycles. The number of nitrogens with zero attached hydrogens (tertiary/aromatic N) is 2. The number of benzene rings is 1. The van der Waals surface area contributed by atoms with Crippen molar-refractivity contribution in [2.75, 3.05) is 11.5 Å². The van der Waals surface area contributed by atoms with Gasteiger partial charge in [0.15, 0.2) is 0 Å². The lowest BCUT2D eigenvalue weighted by Crippen LogP contribution is -1.99. The van der Waals surface area contributed by atoms with Crippen LogP contribution in [0, 0.1) is 6.92 Å². The number of fused-ring (bicyclic) bond motifs is 1. The Morgan fingerprint density at radius 3 is 2.58 bits per heavy atom. The highest BCUT2D eigenvalue weighted by Crippen LogP contribution is 2.34. The Labute approximate surface area is 114 Å². The Morgan fingerprint density at radius 1 is 1.11 bits per heavy atom. The van der Waals surface area contributed by atoms with Gasteiger partial charge in [-0.1, -0.05) is 30.0 Å². The molecular formula is C13H13N5S. The molecule has 6 heteroatoms. The molecule has 0 fully saturated rings. The molecule has 0 bridgehead atoms. The SMILES string of the molecule is Cc1c(Sc2ccccc2)[nH]c2nc(N)nc(N)c12. The number of rotatable bonds is 2. The monoisotopic (exact) mass is 271 g/mol. The first kappa shape index (κ1) is 11.9. The maximum absolute atomic E-state index is 5.90. The van der Waals surface area contributed by atoms with Crippen LogP contribution in [0.2, 0.25) is 0 Å². The minimum absolute atomic E-state index is 0.183. The van der Waals surface area contributed by atoms with Crippen LogP contribution in [0.25, 0.3) is 11.0 Å². The summed E-state index contributed by atoms with van der Waals surface area (Å²) in [5, 5.41) is 1.85. The lowest BCUT2D eigenvalue weighted by molar-refractivity contribution is 1.15. The summed E-state index contributed by atoms with van der Waals surface area (Å²) in [6.07, 6.45) is 0. The molecule has 0 saturated heterocycles. The molecule has 3 rings (SSSR count). The van der Waals surface area contributed by atoms with E-state index in [1.807, 2.05) is 25.1 Å². The number of H-pyrrole nitrogens is 1. The van der Waals surface area contributed by atoms with Crippen LogP contribution >= 0.6 is 11.8 Å². The second kappa shape index (κ2) is 4.47. The summed E-state index contributed by atoms with van der Waals surface area (Å²) in [6.45, 7) is 2.00. The smallest absolute Gasteiger partial charge is 0.223 e. The molecule has 0 aliphatic rings. The summed E-state index contributed by atoms with van der Waals surface area (Å²) in [5.41, 5.74) is 13.2. The van der Waals surface area contributed by atoms with Crippen LogP contribution in [0.15, 0.2) is 40.3 Å². The molecule has 19 heavy (non-hydrogen) atoms. The van der Waals surface area contributed by atoms with Crippen molar-refractivity contribution in [2.24, 2.45) is 0 Å². The summed E-state index contributed by atoms with van der Waals surface area (Å²) in [4.78, 5) is 12.6. The maximum Gasteiger partial charge on any atom is 0.223 e. The molecule has 0 spiro atoms. The number of nitrogen functional groups attached to an aromatic ring is 2. The Balaban J connectivity index is 2.10. The van der Waals surface area contributed by atoms with Crippen molar-refractivity contribution in [3.05, 3.63) is 35.9 Å². The molecule has 0 aliphatic heterocycles. The van der Waals surface area contributed by atoms with Gasteiger partial charge in [-0.2, -0.15) is 9.97 Å². The van der Waals surface area contributed by atoms with Crippen molar-refractivity contribution < 1.29 is 0 Å². The van der Waals surface area contributed by atoms with E-state index in [1.165, 1.54) is 0 Å². The molecule has 0 atom stereocenters. The van der Waals surface area contributed by atoms with Crippen molar-refractivity contribution in [3.63, 3.8) is 0 Å². The average molecular weight is 271 g/mol. The van der Waals surface area contributed by atoms with Gasteiger partial charge in [-0.05, 0) is 24.6 Å². The average Bonchev–Trinajstić information content (AvgIpc) is 2.67. The van der Waals surface area contributed by atoms with Crippen LogP contribution in [-0.2, 0) is 0 Å². The van der Waals surface area contributed by atoms with E-state index in [2.05, 4.69) is 27.1 Å². The fourth-order valence-electron chi connectivity index (χ4n) is 1.98. The molecule has 5 N–H and O–H groups in total. The van der Waals surface area contributed by atoms with Crippen molar-refractivity contribution in [1.29, 1.82) is 0 Å². The molecular weight excluding hydrogens is 258 g/mol. The van der Waals surface area contributed by atoms with Gasteiger partial charge < -0.3 is 16.5 Å². The first-order chi connectivity index (χ1) is 9.15. The molecule has 0 radical (unpaired) electrons. The van der Waals surface area contributed by atoms with E-state index in [0.717, 1.165) is 20.9 Å². The van der Waals surface area contributed by atoms with E-state index in [4.69, 9.17) is 11.5 Å². The number of anilines is 2. The third kappa shape index (κ3) is 2.10. The molecule has 2 heterocycles. The Kier molecular flexibility index (Phi) is 2.79. The predicted molar refractivity (Wildman–Crippen MR) is 78.0 cm³/mol. The van der Waals surface area contributed by atoms with Crippen LogP contribution in [0.3, 0.4) is 0 Å². The Morgan fingerprint density at radius 2 is 1.84 bits per heavy atom. The molecule has 5 nitrogen and oxygen atoms in total. The van der Waals surface area contributed by atoms with Gasteiger partial charge >= 0.3 is 0 Å². The van der Waals surface area contributed by atoms with Crippen molar-refractivity contribution in [2.45, 2.75) is 16.8 Å². The van der Waals surface area contributed by atoms with Crippen LogP contribution in [0.5, 0.6) is 0 Å². The largest absolute Gasteiger partial charge is 0.383 e.